The van der Waals surface area contributed by atoms with Crippen LogP contribution in [0.2, 0.25) is 0 Å². The lowest BCUT2D eigenvalue weighted by molar-refractivity contribution is 0.396. The first-order valence-electron chi connectivity index (χ1n) is 2.82. The second-order valence-electron chi connectivity index (χ2n) is 1.41. The Bertz CT molecular complexity index is 64.8. The van der Waals surface area contributed by atoms with Crippen LogP contribution in [0.3, 0.4) is 0 Å². The molecule has 0 aliphatic carbocycles. The fourth-order valence-electron chi connectivity index (χ4n) is 0.357. The van der Waals surface area contributed by atoms with Crippen LogP contribution in [0.4, 0.5) is 0 Å². The molecule has 3 heteroatoms. The highest BCUT2D eigenvalue weighted by Gasteiger charge is 1.87. The fraction of sp³-hybridized carbons (Fsp3) is 1.00. The van der Waals surface area contributed by atoms with E-state index in [-0.39, 0.29) is 9.74 Å². The van der Waals surface area contributed by atoms with Gasteiger partial charge >= 0.3 is 0 Å². The molecule has 50 valence electrons. The van der Waals surface area contributed by atoms with Crippen LogP contribution in [0.15, 0.2) is 0 Å². The normalized spacial score (nSPS) is 13.8. The molecule has 0 aromatic rings. The van der Waals surface area contributed by atoms with Crippen molar-refractivity contribution in [2.45, 2.75) is 20.3 Å². The first-order chi connectivity index (χ1) is 3.81. The van der Waals surface area contributed by atoms with Gasteiger partial charge < -0.3 is 4.18 Å². The Labute approximate surface area is 58.2 Å². The van der Waals surface area contributed by atoms with E-state index in [9.17, 15) is 0 Å². The molecule has 1 nitrogen and oxygen atoms in total. The van der Waals surface area contributed by atoms with E-state index in [1.165, 1.54) is 0 Å². The Morgan fingerprint density at radius 2 is 2.12 bits per heavy atom. The molecular formula is C5H12OS2. The average molecular weight is 152 g/mol. The highest BCUT2D eigenvalue weighted by Crippen LogP contribution is 1.88. The van der Waals surface area contributed by atoms with Crippen molar-refractivity contribution in [3.05, 3.63) is 0 Å². The van der Waals surface area contributed by atoms with E-state index in [0.29, 0.717) is 0 Å². The van der Waals surface area contributed by atoms with E-state index in [0.717, 1.165) is 18.8 Å². The van der Waals surface area contributed by atoms with Crippen molar-refractivity contribution in [3.63, 3.8) is 0 Å². The monoisotopic (exact) mass is 152 g/mol. The summed E-state index contributed by atoms with van der Waals surface area (Å²) in [7, 11) is -0.187. The molecule has 0 aliphatic heterocycles. The van der Waals surface area contributed by atoms with Crippen LogP contribution in [0.25, 0.3) is 0 Å². The summed E-state index contributed by atoms with van der Waals surface area (Å²) in [5.74, 6) is 1.03. The van der Waals surface area contributed by atoms with E-state index in [2.05, 4.69) is 6.92 Å². The Balaban J connectivity index is 3.06. The third-order valence-corrected chi connectivity index (χ3v) is 2.65. The second-order valence-corrected chi connectivity index (χ2v) is 3.78. The summed E-state index contributed by atoms with van der Waals surface area (Å²) < 4.78 is 5.12. The molecule has 0 fully saturated rings. The topological polar surface area (TPSA) is 9.23 Å². The summed E-state index contributed by atoms with van der Waals surface area (Å²) in [6.45, 7) is 4.85. The minimum atomic E-state index is -0.187. The third-order valence-electron chi connectivity index (χ3n) is 0.620. The maximum Gasteiger partial charge on any atom is 0.0588 e. The molecule has 0 aromatic carbocycles. The van der Waals surface area contributed by atoms with Crippen molar-refractivity contribution in [2.24, 2.45) is 0 Å². The highest BCUT2D eigenvalue weighted by atomic mass is 32.8. The highest BCUT2D eigenvalue weighted by molar-refractivity contribution is 8.26. The first-order valence-corrected chi connectivity index (χ1v) is 5.07. The van der Waals surface area contributed by atoms with Gasteiger partial charge in [0.15, 0.2) is 0 Å². The van der Waals surface area contributed by atoms with Crippen LogP contribution in [-0.4, -0.2) is 12.4 Å². The van der Waals surface area contributed by atoms with Crippen LogP contribution in [0, 0.1) is 0 Å². The number of rotatable bonds is 4. The smallest absolute Gasteiger partial charge is 0.0588 e. The molecular weight excluding hydrogens is 140 g/mol. The summed E-state index contributed by atoms with van der Waals surface area (Å²) in [5, 5.41) is 0. The zero-order valence-electron chi connectivity index (χ0n) is 5.35. The van der Waals surface area contributed by atoms with Crippen molar-refractivity contribution in [1.29, 1.82) is 0 Å². The molecule has 0 saturated heterocycles. The maximum absolute atomic E-state index is 5.12. The molecule has 0 radical (unpaired) electrons. The predicted octanol–water partition coefficient (Wildman–Crippen LogP) is 1.43. The van der Waals surface area contributed by atoms with Gasteiger partial charge in [-0.2, -0.15) is 0 Å². The zero-order valence-corrected chi connectivity index (χ0v) is 6.98. The summed E-state index contributed by atoms with van der Waals surface area (Å²) in [6.07, 6.45) is 1.13. The van der Waals surface area contributed by atoms with E-state index in [1.54, 1.807) is 0 Å². The molecule has 0 rings (SSSR count). The standard InChI is InChI=1S/C5H12OS2/c1-3-5-8(7)6-4-2/h3-5H2,1-2H3. The van der Waals surface area contributed by atoms with Crippen LogP contribution in [-0.2, 0) is 25.1 Å². The van der Waals surface area contributed by atoms with Gasteiger partial charge in [-0.25, -0.2) is 0 Å². The van der Waals surface area contributed by atoms with Gasteiger partial charge in [-0.05, 0) is 24.5 Å². The molecule has 1 unspecified atom stereocenters. The van der Waals surface area contributed by atoms with Crippen molar-refractivity contribution in [3.8, 4) is 0 Å². The molecule has 1 atom stereocenters. The molecule has 0 saturated carbocycles. The zero-order chi connectivity index (χ0) is 6.41. The van der Waals surface area contributed by atoms with Gasteiger partial charge in [0.1, 0.15) is 0 Å². The molecule has 0 aromatic heterocycles. The SMILES string of the molecule is CCCS(=S)OCC. The summed E-state index contributed by atoms with van der Waals surface area (Å²) in [6, 6.07) is 0. The molecule has 0 bridgehead atoms. The van der Waals surface area contributed by atoms with Crippen molar-refractivity contribution in [1.82, 2.24) is 0 Å². The van der Waals surface area contributed by atoms with Crippen LogP contribution in [0.1, 0.15) is 20.3 Å². The summed E-state index contributed by atoms with van der Waals surface area (Å²) in [5.41, 5.74) is 0. The Kier molecular flexibility index (Phi) is 6.04. The lowest BCUT2D eigenvalue weighted by atomic mass is 10.6. The lowest BCUT2D eigenvalue weighted by Crippen LogP contribution is -1.98. The third kappa shape index (κ3) is 4.68. The predicted molar refractivity (Wildman–Crippen MR) is 41.5 cm³/mol. The quantitative estimate of drug-likeness (QED) is 0.602. The minimum Gasteiger partial charge on any atom is -0.313 e. The number of hydrogen-bond donors (Lipinski definition) is 0. The van der Waals surface area contributed by atoms with Crippen LogP contribution in [0.5, 0.6) is 0 Å². The molecule has 0 N–H and O–H groups in total. The van der Waals surface area contributed by atoms with Crippen LogP contribution >= 0.6 is 0 Å². The first kappa shape index (κ1) is 8.53. The Morgan fingerprint density at radius 3 is 2.50 bits per heavy atom. The van der Waals surface area contributed by atoms with Gasteiger partial charge in [-0.3, -0.25) is 0 Å². The fourth-order valence-corrected chi connectivity index (χ4v) is 1.86. The van der Waals surface area contributed by atoms with Gasteiger partial charge in [0.2, 0.25) is 0 Å². The molecule has 0 amide bonds. The van der Waals surface area contributed by atoms with E-state index in [4.69, 9.17) is 15.4 Å². The van der Waals surface area contributed by atoms with Gasteiger partial charge in [0.25, 0.3) is 0 Å². The molecule has 0 aliphatic rings. The second kappa shape index (κ2) is 5.66. The van der Waals surface area contributed by atoms with Gasteiger partial charge in [-0.1, -0.05) is 6.92 Å². The van der Waals surface area contributed by atoms with Crippen molar-refractivity contribution in [2.75, 3.05) is 12.4 Å². The summed E-state index contributed by atoms with van der Waals surface area (Å²) in [4.78, 5) is 0. The largest absolute Gasteiger partial charge is 0.313 e. The van der Waals surface area contributed by atoms with E-state index >= 15 is 0 Å². The van der Waals surface area contributed by atoms with Crippen LogP contribution < -0.4 is 0 Å². The Morgan fingerprint density at radius 1 is 1.50 bits per heavy atom. The molecule has 8 heavy (non-hydrogen) atoms. The average Bonchev–Trinajstić information content (AvgIpc) is 1.68. The molecule has 0 spiro atoms. The van der Waals surface area contributed by atoms with E-state index in [1.807, 2.05) is 6.92 Å². The van der Waals surface area contributed by atoms with Gasteiger partial charge in [0, 0.05) is 15.5 Å². The van der Waals surface area contributed by atoms with E-state index < -0.39 is 0 Å². The molecule has 0 heterocycles. The van der Waals surface area contributed by atoms with Crippen molar-refractivity contribution < 1.29 is 4.18 Å². The minimum absolute atomic E-state index is 0.187. The Hall–Kier alpha value is 0.530. The summed E-state index contributed by atoms with van der Waals surface area (Å²) >= 11 is 4.94. The van der Waals surface area contributed by atoms with Gasteiger partial charge in [-0.15, -0.1) is 0 Å². The van der Waals surface area contributed by atoms with Crippen molar-refractivity contribution >= 4 is 20.9 Å². The number of hydrogen-bond acceptors (Lipinski definition) is 2. The van der Waals surface area contributed by atoms with Gasteiger partial charge in [0.05, 0.1) is 6.61 Å². The maximum atomic E-state index is 5.12. The lowest BCUT2D eigenvalue weighted by Gasteiger charge is -1.99.